The van der Waals surface area contributed by atoms with Crippen molar-refractivity contribution in [3.8, 4) is 11.1 Å². The fraction of sp³-hybridized carbons (Fsp3) is 0.207. The van der Waals surface area contributed by atoms with Gasteiger partial charge in [-0.15, -0.1) is 0 Å². The quantitative estimate of drug-likeness (QED) is 0.292. The number of H-pyrrole nitrogens is 1. The first-order chi connectivity index (χ1) is 18.0. The Bertz CT molecular complexity index is 1400. The molecule has 4 aromatic rings. The van der Waals surface area contributed by atoms with Crippen LogP contribution in [0.3, 0.4) is 0 Å². The summed E-state index contributed by atoms with van der Waals surface area (Å²) in [5.41, 5.74) is 5.33. The molecule has 8 nitrogen and oxygen atoms in total. The largest absolute Gasteiger partial charge is 0.467 e. The second kappa shape index (κ2) is 11.9. The summed E-state index contributed by atoms with van der Waals surface area (Å²) in [5.74, 6) is -1.12. The highest BCUT2D eigenvalue weighted by atomic mass is 16.6. The van der Waals surface area contributed by atoms with Gasteiger partial charge < -0.3 is 25.1 Å². The zero-order valence-electron chi connectivity index (χ0n) is 20.7. The molecule has 4 rings (SSSR count). The summed E-state index contributed by atoms with van der Waals surface area (Å²) in [5, 5.41) is 6.07. The molecule has 0 saturated carbocycles. The summed E-state index contributed by atoms with van der Waals surface area (Å²) in [7, 11) is 1.21. The fourth-order valence-corrected chi connectivity index (χ4v) is 4.14. The molecule has 3 N–H and O–H groups in total. The molecular formula is C29H29N3O5. The maximum atomic E-state index is 13.0. The Morgan fingerprint density at radius 2 is 1.65 bits per heavy atom. The molecule has 2 amide bonds. The third kappa shape index (κ3) is 6.16. The predicted molar refractivity (Wildman–Crippen MR) is 141 cm³/mol. The number of hydrogen-bond acceptors (Lipinski definition) is 5. The molecule has 0 saturated heterocycles. The topological polar surface area (TPSA) is 110 Å². The lowest BCUT2D eigenvalue weighted by atomic mass is 9.95. The van der Waals surface area contributed by atoms with Crippen LogP contribution in [-0.4, -0.2) is 42.7 Å². The SMILES string of the molecule is CCc1ccccc1-c1cccc2[nH]c(C(=O)NCC(NC(=O)OCc3ccccc3)C(=O)OC)cc12. The van der Waals surface area contributed by atoms with Gasteiger partial charge in [-0.25, -0.2) is 9.59 Å². The molecule has 1 aromatic heterocycles. The summed E-state index contributed by atoms with van der Waals surface area (Å²) < 4.78 is 9.96. The Morgan fingerprint density at radius 1 is 0.919 bits per heavy atom. The van der Waals surface area contributed by atoms with E-state index < -0.39 is 24.0 Å². The highest BCUT2D eigenvalue weighted by Gasteiger charge is 2.24. The molecule has 0 aliphatic carbocycles. The number of esters is 1. The van der Waals surface area contributed by atoms with Gasteiger partial charge in [0.1, 0.15) is 18.3 Å². The summed E-state index contributed by atoms with van der Waals surface area (Å²) >= 11 is 0. The van der Waals surface area contributed by atoms with Crippen molar-refractivity contribution in [3.63, 3.8) is 0 Å². The first-order valence-electron chi connectivity index (χ1n) is 12.0. The van der Waals surface area contributed by atoms with Crippen molar-refractivity contribution < 1.29 is 23.9 Å². The Hall–Kier alpha value is -4.59. The van der Waals surface area contributed by atoms with Gasteiger partial charge in [-0.2, -0.15) is 0 Å². The number of alkyl carbamates (subject to hydrolysis) is 1. The van der Waals surface area contributed by atoms with Crippen molar-refractivity contribution in [1.29, 1.82) is 0 Å². The van der Waals surface area contributed by atoms with Crippen LogP contribution in [-0.2, 0) is 27.3 Å². The third-order valence-corrected chi connectivity index (χ3v) is 6.05. The van der Waals surface area contributed by atoms with Crippen molar-refractivity contribution in [1.82, 2.24) is 15.6 Å². The van der Waals surface area contributed by atoms with E-state index >= 15 is 0 Å². The summed E-state index contributed by atoms with van der Waals surface area (Å²) in [6, 6.07) is 23.9. The number of aryl methyl sites for hydroxylation is 1. The fourth-order valence-electron chi connectivity index (χ4n) is 4.14. The van der Waals surface area contributed by atoms with Crippen LogP contribution >= 0.6 is 0 Å². The zero-order chi connectivity index (χ0) is 26.2. The molecule has 0 fully saturated rings. The Labute approximate surface area is 215 Å². The van der Waals surface area contributed by atoms with Gasteiger partial charge in [-0.05, 0) is 40.8 Å². The van der Waals surface area contributed by atoms with Gasteiger partial charge in [-0.3, -0.25) is 4.79 Å². The molecule has 3 aromatic carbocycles. The molecule has 0 bridgehead atoms. The van der Waals surface area contributed by atoms with Gasteiger partial charge in [0.2, 0.25) is 0 Å². The van der Waals surface area contributed by atoms with Gasteiger partial charge in [-0.1, -0.05) is 73.7 Å². The highest BCUT2D eigenvalue weighted by Crippen LogP contribution is 2.31. The molecule has 37 heavy (non-hydrogen) atoms. The van der Waals surface area contributed by atoms with Crippen molar-refractivity contribution in [2.45, 2.75) is 26.0 Å². The summed E-state index contributed by atoms with van der Waals surface area (Å²) in [6.07, 6.45) is 0.0957. The first kappa shape index (κ1) is 25.5. The number of fused-ring (bicyclic) bond motifs is 1. The van der Waals surface area contributed by atoms with E-state index in [2.05, 4.69) is 34.7 Å². The molecule has 0 radical (unpaired) electrons. The number of nitrogens with one attached hydrogen (secondary N) is 3. The van der Waals surface area contributed by atoms with E-state index in [4.69, 9.17) is 9.47 Å². The number of methoxy groups -OCH3 is 1. The van der Waals surface area contributed by atoms with Crippen LogP contribution in [0.2, 0.25) is 0 Å². The Balaban J connectivity index is 1.44. The number of carbonyl (C=O) groups is 3. The minimum Gasteiger partial charge on any atom is -0.467 e. The molecule has 0 spiro atoms. The van der Waals surface area contributed by atoms with Gasteiger partial charge in [0.15, 0.2) is 0 Å². The Kier molecular flexibility index (Phi) is 8.20. The number of rotatable bonds is 9. The number of benzene rings is 3. The molecule has 0 aliphatic rings. The number of ether oxygens (including phenoxy) is 2. The summed E-state index contributed by atoms with van der Waals surface area (Å²) in [6.45, 7) is 1.98. The number of amides is 2. The standard InChI is InChI=1S/C29H29N3O5/c1-3-20-12-7-8-13-21(20)22-14-9-15-24-23(22)16-25(31-24)27(33)30-17-26(28(34)36-2)32-29(35)37-18-19-10-5-4-6-11-19/h4-16,26,31H,3,17-18H2,1-2H3,(H,30,33)(H,32,35). The third-order valence-electron chi connectivity index (χ3n) is 6.05. The van der Waals surface area contributed by atoms with E-state index in [1.165, 1.54) is 12.7 Å². The number of aromatic amines is 1. The van der Waals surface area contributed by atoms with Crippen LogP contribution in [0.15, 0.2) is 78.9 Å². The van der Waals surface area contributed by atoms with Gasteiger partial charge in [0.25, 0.3) is 5.91 Å². The molecule has 190 valence electrons. The lowest BCUT2D eigenvalue weighted by Crippen LogP contribution is -2.49. The average molecular weight is 500 g/mol. The van der Waals surface area contributed by atoms with Gasteiger partial charge in [0.05, 0.1) is 7.11 Å². The second-order valence-electron chi connectivity index (χ2n) is 8.45. The lowest BCUT2D eigenvalue weighted by molar-refractivity contribution is -0.142. The monoisotopic (exact) mass is 499 g/mol. The number of carbonyl (C=O) groups excluding carboxylic acids is 3. The van der Waals surface area contributed by atoms with E-state index in [0.717, 1.165) is 34.0 Å². The van der Waals surface area contributed by atoms with Crippen LogP contribution in [0.4, 0.5) is 4.79 Å². The normalized spacial score (nSPS) is 11.5. The lowest BCUT2D eigenvalue weighted by Gasteiger charge is -2.17. The molecule has 1 heterocycles. The van der Waals surface area contributed by atoms with Crippen molar-refractivity contribution in [2.24, 2.45) is 0 Å². The molecule has 1 atom stereocenters. The first-order valence-corrected chi connectivity index (χ1v) is 12.0. The highest BCUT2D eigenvalue weighted by molar-refractivity contribution is 6.03. The van der Waals surface area contributed by atoms with Crippen LogP contribution < -0.4 is 10.6 Å². The Morgan fingerprint density at radius 3 is 2.41 bits per heavy atom. The van der Waals surface area contributed by atoms with Crippen LogP contribution in [0.1, 0.15) is 28.5 Å². The predicted octanol–water partition coefficient (Wildman–Crippen LogP) is 4.60. The van der Waals surface area contributed by atoms with E-state index in [-0.39, 0.29) is 13.2 Å². The van der Waals surface area contributed by atoms with E-state index in [1.54, 1.807) is 6.07 Å². The smallest absolute Gasteiger partial charge is 0.408 e. The summed E-state index contributed by atoms with van der Waals surface area (Å²) in [4.78, 5) is 40.6. The van der Waals surface area contributed by atoms with Gasteiger partial charge in [0, 0.05) is 17.4 Å². The average Bonchev–Trinajstić information content (AvgIpc) is 3.39. The minimum absolute atomic E-state index is 0.0471. The number of aromatic nitrogens is 1. The van der Waals surface area contributed by atoms with Gasteiger partial charge >= 0.3 is 12.1 Å². The van der Waals surface area contributed by atoms with Crippen molar-refractivity contribution in [3.05, 3.63) is 95.7 Å². The van der Waals surface area contributed by atoms with E-state index in [0.29, 0.717) is 5.69 Å². The molecule has 0 aliphatic heterocycles. The minimum atomic E-state index is -1.12. The number of hydrogen-bond donors (Lipinski definition) is 3. The van der Waals surface area contributed by atoms with Crippen LogP contribution in [0, 0.1) is 0 Å². The van der Waals surface area contributed by atoms with Crippen molar-refractivity contribution in [2.75, 3.05) is 13.7 Å². The maximum Gasteiger partial charge on any atom is 0.408 e. The molecule has 8 heteroatoms. The second-order valence-corrected chi connectivity index (χ2v) is 8.45. The van der Waals surface area contributed by atoms with Crippen LogP contribution in [0.5, 0.6) is 0 Å². The maximum absolute atomic E-state index is 13.0. The zero-order valence-corrected chi connectivity index (χ0v) is 20.7. The van der Waals surface area contributed by atoms with Crippen LogP contribution in [0.25, 0.3) is 22.0 Å². The molecule has 1 unspecified atom stereocenters. The molecular weight excluding hydrogens is 470 g/mol. The van der Waals surface area contributed by atoms with E-state index in [9.17, 15) is 14.4 Å². The van der Waals surface area contributed by atoms with Crippen molar-refractivity contribution >= 4 is 28.9 Å². The van der Waals surface area contributed by atoms with E-state index in [1.807, 2.05) is 60.7 Å².